The molecule has 0 spiro atoms. The van der Waals surface area contributed by atoms with Crippen LogP contribution in [-0.2, 0) is 6.54 Å². The Balaban J connectivity index is 2.02. The van der Waals surface area contributed by atoms with Crippen LogP contribution in [0.25, 0.3) is 0 Å². The summed E-state index contributed by atoms with van der Waals surface area (Å²) in [6.45, 7) is 5.08. The Hall–Kier alpha value is -2.03. The number of hydrogen-bond donors (Lipinski definition) is 1. The summed E-state index contributed by atoms with van der Waals surface area (Å²) in [5.74, 6) is 0.969. The molecule has 0 saturated carbocycles. The number of hydrogen-bond acceptors (Lipinski definition) is 3. The summed E-state index contributed by atoms with van der Waals surface area (Å²) in [7, 11) is 3.98. The number of pyridine rings is 1. The van der Waals surface area contributed by atoms with Crippen LogP contribution in [0.1, 0.15) is 16.7 Å². The number of rotatable bonds is 4. The smallest absolute Gasteiger partial charge is 0.128 e. The molecular formula is C16H21N3. The fraction of sp³-hybridized carbons (Fsp3) is 0.312. The van der Waals surface area contributed by atoms with Crippen LogP contribution in [0.5, 0.6) is 0 Å². The van der Waals surface area contributed by atoms with Gasteiger partial charge in [-0.3, -0.25) is 0 Å². The van der Waals surface area contributed by atoms with Gasteiger partial charge in [-0.05, 0) is 31.5 Å². The summed E-state index contributed by atoms with van der Waals surface area (Å²) in [6, 6.07) is 10.7. The molecule has 0 aliphatic rings. The van der Waals surface area contributed by atoms with E-state index in [1.54, 1.807) is 0 Å². The molecule has 0 atom stereocenters. The van der Waals surface area contributed by atoms with Crippen molar-refractivity contribution in [3.05, 3.63) is 53.2 Å². The largest absolute Gasteiger partial charge is 0.380 e. The minimum absolute atomic E-state index is 0.825. The summed E-state index contributed by atoms with van der Waals surface area (Å²) in [6.07, 6.45) is 1.87. The van der Waals surface area contributed by atoms with E-state index < -0.39 is 0 Å². The van der Waals surface area contributed by atoms with E-state index in [0.29, 0.717) is 0 Å². The van der Waals surface area contributed by atoms with Gasteiger partial charge in [0.25, 0.3) is 0 Å². The van der Waals surface area contributed by atoms with Crippen molar-refractivity contribution in [2.24, 2.45) is 0 Å². The molecule has 19 heavy (non-hydrogen) atoms. The van der Waals surface area contributed by atoms with Gasteiger partial charge in [0.2, 0.25) is 0 Å². The molecule has 0 saturated heterocycles. The van der Waals surface area contributed by atoms with E-state index in [0.717, 1.165) is 18.1 Å². The Morgan fingerprint density at radius 1 is 1.05 bits per heavy atom. The third-order valence-corrected chi connectivity index (χ3v) is 2.98. The van der Waals surface area contributed by atoms with Crippen LogP contribution in [0.2, 0.25) is 0 Å². The summed E-state index contributed by atoms with van der Waals surface area (Å²) < 4.78 is 0. The Kier molecular flexibility index (Phi) is 4.05. The van der Waals surface area contributed by atoms with Crippen molar-refractivity contribution >= 4 is 11.5 Å². The number of nitrogens with zero attached hydrogens (tertiary/aromatic N) is 2. The Bertz CT molecular complexity index is 524. The van der Waals surface area contributed by atoms with Crippen LogP contribution in [0.4, 0.5) is 11.5 Å². The molecule has 0 aliphatic heterocycles. The molecule has 0 radical (unpaired) electrons. The third-order valence-electron chi connectivity index (χ3n) is 2.98. The van der Waals surface area contributed by atoms with Gasteiger partial charge in [0, 0.05) is 20.6 Å². The first kappa shape index (κ1) is 13.4. The van der Waals surface area contributed by atoms with Gasteiger partial charge < -0.3 is 10.2 Å². The van der Waals surface area contributed by atoms with E-state index in [-0.39, 0.29) is 0 Å². The van der Waals surface area contributed by atoms with E-state index in [1.807, 2.05) is 31.3 Å². The molecule has 3 heteroatoms. The Labute approximate surface area is 115 Å². The molecule has 1 aromatic carbocycles. The number of anilines is 2. The minimum atomic E-state index is 0.825. The van der Waals surface area contributed by atoms with Crippen molar-refractivity contribution in [2.45, 2.75) is 20.4 Å². The fourth-order valence-electron chi connectivity index (χ4n) is 2.13. The van der Waals surface area contributed by atoms with Crippen LogP contribution >= 0.6 is 0 Å². The maximum Gasteiger partial charge on any atom is 0.128 e. The van der Waals surface area contributed by atoms with Crippen molar-refractivity contribution in [1.82, 2.24) is 4.98 Å². The summed E-state index contributed by atoms with van der Waals surface area (Å²) in [5.41, 5.74) is 4.95. The summed E-state index contributed by atoms with van der Waals surface area (Å²) >= 11 is 0. The topological polar surface area (TPSA) is 28.2 Å². The molecule has 1 N–H and O–H groups in total. The van der Waals surface area contributed by atoms with E-state index in [2.05, 4.69) is 48.4 Å². The van der Waals surface area contributed by atoms with E-state index >= 15 is 0 Å². The molecular weight excluding hydrogens is 234 g/mol. The van der Waals surface area contributed by atoms with Crippen LogP contribution in [0, 0.1) is 13.8 Å². The summed E-state index contributed by atoms with van der Waals surface area (Å²) in [5, 5.41) is 3.40. The highest BCUT2D eigenvalue weighted by atomic mass is 15.1. The molecule has 100 valence electrons. The highest BCUT2D eigenvalue weighted by molar-refractivity contribution is 5.48. The Morgan fingerprint density at radius 3 is 2.26 bits per heavy atom. The lowest BCUT2D eigenvalue weighted by Gasteiger charge is -2.12. The molecule has 0 aliphatic carbocycles. The molecule has 1 aromatic heterocycles. The Morgan fingerprint density at radius 2 is 1.74 bits per heavy atom. The first-order chi connectivity index (χ1) is 9.04. The number of aromatic nitrogens is 1. The predicted octanol–water partition coefficient (Wildman–Crippen LogP) is 3.38. The molecule has 0 amide bonds. The van der Waals surface area contributed by atoms with Crippen molar-refractivity contribution in [3.63, 3.8) is 0 Å². The summed E-state index contributed by atoms with van der Waals surface area (Å²) in [4.78, 5) is 6.38. The second-order valence-electron chi connectivity index (χ2n) is 5.15. The van der Waals surface area contributed by atoms with Gasteiger partial charge in [0.05, 0.1) is 11.9 Å². The van der Waals surface area contributed by atoms with Gasteiger partial charge in [-0.1, -0.05) is 29.3 Å². The highest BCUT2D eigenvalue weighted by Crippen LogP contribution is 2.14. The normalized spacial score (nSPS) is 10.3. The van der Waals surface area contributed by atoms with Crippen LogP contribution < -0.4 is 10.2 Å². The van der Waals surface area contributed by atoms with Gasteiger partial charge in [-0.2, -0.15) is 0 Å². The maximum absolute atomic E-state index is 4.39. The quantitative estimate of drug-likeness (QED) is 0.907. The SMILES string of the molecule is Cc1cc(C)cc(CNc2ccc(N(C)C)nc2)c1. The number of benzene rings is 1. The molecule has 0 bridgehead atoms. The lowest BCUT2D eigenvalue weighted by atomic mass is 10.1. The monoisotopic (exact) mass is 255 g/mol. The van der Waals surface area contributed by atoms with Crippen LogP contribution in [0.15, 0.2) is 36.5 Å². The van der Waals surface area contributed by atoms with Crippen LogP contribution in [0.3, 0.4) is 0 Å². The zero-order valence-corrected chi connectivity index (χ0v) is 12.1. The van der Waals surface area contributed by atoms with E-state index in [1.165, 1.54) is 16.7 Å². The second-order valence-corrected chi connectivity index (χ2v) is 5.15. The third kappa shape index (κ3) is 3.71. The van der Waals surface area contributed by atoms with Gasteiger partial charge >= 0.3 is 0 Å². The zero-order valence-electron chi connectivity index (χ0n) is 12.1. The molecule has 3 nitrogen and oxygen atoms in total. The fourth-order valence-corrected chi connectivity index (χ4v) is 2.13. The lowest BCUT2D eigenvalue weighted by Crippen LogP contribution is -2.10. The van der Waals surface area contributed by atoms with Gasteiger partial charge in [0.1, 0.15) is 5.82 Å². The average Bonchev–Trinajstić information content (AvgIpc) is 2.36. The zero-order chi connectivity index (χ0) is 13.8. The number of nitrogens with one attached hydrogen (secondary N) is 1. The van der Waals surface area contributed by atoms with Crippen molar-refractivity contribution in [2.75, 3.05) is 24.3 Å². The maximum atomic E-state index is 4.39. The van der Waals surface area contributed by atoms with Crippen LogP contribution in [-0.4, -0.2) is 19.1 Å². The van der Waals surface area contributed by atoms with Gasteiger partial charge in [0.15, 0.2) is 0 Å². The first-order valence-corrected chi connectivity index (χ1v) is 6.49. The van der Waals surface area contributed by atoms with Crippen molar-refractivity contribution in [3.8, 4) is 0 Å². The van der Waals surface area contributed by atoms with Crippen molar-refractivity contribution < 1.29 is 0 Å². The van der Waals surface area contributed by atoms with E-state index in [4.69, 9.17) is 0 Å². The number of aryl methyl sites for hydroxylation is 2. The predicted molar refractivity (Wildman–Crippen MR) is 81.8 cm³/mol. The molecule has 0 fully saturated rings. The van der Waals surface area contributed by atoms with E-state index in [9.17, 15) is 0 Å². The molecule has 2 rings (SSSR count). The molecule has 2 aromatic rings. The first-order valence-electron chi connectivity index (χ1n) is 6.49. The molecule has 0 unspecified atom stereocenters. The standard InChI is InChI=1S/C16H21N3/c1-12-7-13(2)9-14(8-12)10-17-15-5-6-16(18-11-15)19(3)4/h5-9,11,17H,10H2,1-4H3. The molecule has 1 heterocycles. The highest BCUT2D eigenvalue weighted by Gasteiger charge is 1.99. The lowest BCUT2D eigenvalue weighted by molar-refractivity contribution is 1.06. The minimum Gasteiger partial charge on any atom is -0.380 e. The van der Waals surface area contributed by atoms with Gasteiger partial charge in [-0.15, -0.1) is 0 Å². The van der Waals surface area contributed by atoms with Gasteiger partial charge in [-0.25, -0.2) is 4.98 Å². The average molecular weight is 255 g/mol. The van der Waals surface area contributed by atoms with Crippen molar-refractivity contribution in [1.29, 1.82) is 0 Å². The second kappa shape index (κ2) is 5.74.